The molecule has 0 heterocycles. The standard InChI is InChI=1S/C15H11ClF2N2O2/c16-12-7-5-10(6-8-12)14(21)20-19-9-11-3-1-2-4-13(11)22-15(17)18/h1-9,15H,(H,20,21)/b19-9-. The number of hydrazone groups is 1. The molecule has 114 valence electrons. The monoisotopic (exact) mass is 324 g/mol. The Morgan fingerprint density at radius 1 is 1.18 bits per heavy atom. The minimum atomic E-state index is -2.93. The zero-order valence-corrected chi connectivity index (χ0v) is 11.9. The fraction of sp³-hybridized carbons (Fsp3) is 0.0667. The van der Waals surface area contributed by atoms with E-state index in [1.165, 1.54) is 18.3 Å². The van der Waals surface area contributed by atoms with Crippen LogP contribution in [-0.2, 0) is 0 Å². The summed E-state index contributed by atoms with van der Waals surface area (Å²) in [6.45, 7) is -2.93. The van der Waals surface area contributed by atoms with Crippen LogP contribution in [0, 0.1) is 0 Å². The highest BCUT2D eigenvalue weighted by atomic mass is 35.5. The quantitative estimate of drug-likeness (QED) is 0.673. The zero-order chi connectivity index (χ0) is 15.9. The molecule has 22 heavy (non-hydrogen) atoms. The summed E-state index contributed by atoms with van der Waals surface area (Å²) in [4.78, 5) is 11.8. The third-order valence-corrected chi connectivity index (χ3v) is 2.86. The predicted molar refractivity (Wildman–Crippen MR) is 79.6 cm³/mol. The highest BCUT2D eigenvalue weighted by molar-refractivity contribution is 6.30. The molecule has 0 aliphatic rings. The van der Waals surface area contributed by atoms with E-state index in [1.807, 2.05) is 0 Å². The summed E-state index contributed by atoms with van der Waals surface area (Å²) in [7, 11) is 0. The Morgan fingerprint density at radius 3 is 2.55 bits per heavy atom. The maximum atomic E-state index is 12.3. The van der Waals surface area contributed by atoms with E-state index in [0.717, 1.165) is 0 Å². The molecule has 1 N–H and O–H groups in total. The van der Waals surface area contributed by atoms with Gasteiger partial charge in [0.1, 0.15) is 5.75 Å². The van der Waals surface area contributed by atoms with Crippen LogP contribution >= 0.6 is 11.6 Å². The van der Waals surface area contributed by atoms with E-state index in [1.54, 1.807) is 36.4 Å². The molecule has 0 aliphatic heterocycles. The van der Waals surface area contributed by atoms with Crippen LogP contribution in [0.3, 0.4) is 0 Å². The predicted octanol–water partition coefficient (Wildman–Crippen LogP) is 3.71. The van der Waals surface area contributed by atoms with Crippen molar-refractivity contribution in [1.29, 1.82) is 0 Å². The van der Waals surface area contributed by atoms with Gasteiger partial charge in [0.05, 0.1) is 6.21 Å². The number of hydrogen-bond donors (Lipinski definition) is 1. The van der Waals surface area contributed by atoms with Gasteiger partial charge in [-0.25, -0.2) is 5.43 Å². The van der Waals surface area contributed by atoms with Gasteiger partial charge in [0.2, 0.25) is 0 Å². The lowest BCUT2D eigenvalue weighted by atomic mass is 10.2. The molecule has 0 atom stereocenters. The number of amides is 1. The topological polar surface area (TPSA) is 50.7 Å². The van der Waals surface area contributed by atoms with Crippen molar-refractivity contribution in [3.8, 4) is 5.75 Å². The smallest absolute Gasteiger partial charge is 0.387 e. The second-order valence-corrected chi connectivity index (χ2v) is 4.56. The van der Waals surface area contributed by atoms with Crippen molar-refractivity contribution in [3.63, 3.8) is 0 Å². The molecule has 0 saturated heterocycles. The maximum absolute atomic E-state index is 12.3. The van der Waals surface area contributed by atoms with Crippen LogP contribution in [0.2, 0.25) is 5.02 Å². The van der Waals surface area contributed by atoms with Crippen molar-refractivity contribution in [3.05, 3.63) is 64.7 Å². The van der Waals surface area contributed by atoms with Gasteiger partial charge in [0.25, 0.3) is 5.91 Å². The number of carbonyl (C=O) groups is 1. The van der Waals surface area contributed by atoms with Crippen LogP contribution in [0.15, 0.2) is 53.6 Å². The van der Waals surface area contributed by atoms with Crippen molar-refractivity contribution in [2.24, 2.45) is 5.10 Å². The molecule has 0 fully saturated rings. The van der Waals surface area contributed by atoms with Crippen LogP contribution in [0.5, 0.6) is 5.75 Å². The molecule has 2 aromatic carbocycles. The van der Waals surface area contributed by atoms with Gasteiger partial charge in [-0.1, -0.05) is 23.7 Å². The third kappa shape index (κ3) is 4.53. The van der Waals surface area contributed by atoms with E-state index in [-0.39, 0.29) is 5.75 Å². The van der Waals surface area contributed by atoms with Crippen LogP contribution in [0.4, 0.5) is 8.78 Å². The lowest BCUT2D eigenvalue weighted by molar-refractivity contribution is -0.0499. The Balaban J connectivity index is 2.03. The van der Waals surface area contributed by atoms with Gasteiger partial charge in [-0.2, -0.15) is 13.9 Å². The first-order valence-electron chi connectivity index (χ1n) is 6.19. The number of carbonyl (C=O) groups excluding carboxylic acids is 1. The van der Waals surface area contributed by atoms with Crippen molar-refractivity contribution in [2.45, 2.75) is 6.61 Å². The Kier molecular flexibility index (Phi) is 5.43. The normalized spacial score (nSPS) is 10.9. The van der Waals surface area contributed by atoms with E-state index in [4.69, 9.17) is 11.6 Å². The van der Waals surface area contributed by atoms with Gasteiger partial charge < -0.3 is 4.74 Å². The van der Waals surface area contributed by atoms with Crippen molar-refractivity contribution in [1.82, 2.24) is 5.43 Å². The summed E-state index contributed by atoms with van der Waals surface area (Å²) < 4.78 is 28.9. The van der Waals surface area contributed by atoms with Gasteiger partial charge >= 0.3 is 6.61 Å². The van der Waals surface area contributed by atoms with Gasteiger partial charge in [0, 0.05) is 16.1 Å². The Labute approximate surface area is 130 Å². The molecule has 0 saturated carbocycles. The minimum absolute atomic E-state index is 0.0259. The van der Waals surface area contributed by atoms with Crippen LogP contribution < -0.4 is 10.2 Å². The molecule has 0 bridgehead atoms. The van der Waals surface area contributed by atoms with Gasteiger partial charge in [-0.3, -0.25) is 4.79 Å². The third-order valence-electron chi connectivity index (χ3n) is 2.61. The molecule has 0 unspecified atom stereocenters. The lowest BCUT2D eigenvalue weighted by Crippen LogP contribution is -2.17. The summed E-state index contributed by atoms with van der Waals surface area (Å²) in [6.07, 6.45) is 1.23. The average molecular weight is 325 g/mol. The van der Waals surface area contributed by atoms with Crippen molar-refractivity contribution < 1.29 is 18.3 Å². The van der Waals surface area contributed by atoms with Crippen LogP contribution in [0.25, 0.3) is 0 Å². The second kappa shape index (κ2) is 7.51. The number of nitrogens with zero attached hydrogens (tertiary/aromatic N) is 1. The molecule has 4 nitrogen and oxygen atoms in total. The Morgan fingerprint density at radius 2 is 1.86 bits per heavy atom. The number of nitrogens with one attached hydrogen (secondary N) is 1. The van der Waals surface area contributed by atoms with E-state index >= 15 is 0 Å². The van der Waals surface area contributed by atoms with Gasteiger partial charge in [-0.05, 0) is 36.4 Å². The first kappa shape index (κ1) is 15.9. The molecular weight excluding hydrogens is 314 g/mol. The number of halogens is 3. The first-order chi connectivity index (χ1) is 10.6. The fourth-order valence-electron chi connectivity index (χ4n) is 1.62. The summed E-state index contributed by atoms with van der Waals surface area (Å²) >= 11 is 5.72. The summed E-state index contributed by atoms with van der Waals surface area (Å²) in [5.74, 6) is -0.470. The number of para-hydroxylation sites is 1. The lowest BCUT2D eigenvalue weighted by Gasteiger charge is -2.06. The Bertz CT molecular complexity index is 675. The van der Waals surface area contributed by atoms with E-state index in [0.29, 0.717) is 16.1 Å². The minimum Gasteiger partial charge on any atom is -0.434 e. The number of ether oxygens (including phenoxy) is 1. The molecule has 0 aliphatic carbocycles. The highest BCUT2D eigenvalue weighted by Crippen LogP contribution is 2.18. The first-order valence-corrected chi connectivity index (χ1v) is 6.57. The van der Waals surface area contributed by atoms with E-state index in [2.05, 4.69) is 15.3 Å². The number of hydrogen-bond acceptors (Lipinski definition) is 3. The maximum Gasteiger partial charge on any atom is 0.387 e. The molecule has 2 rings (SSSR count). The van der Waals surface area contributed by atoms with Crippen molar-refractivity contribution >= 4 is 23.7 Å². The molecule has 7 heteroatoms. The molecule has 2 aromatic rings. The summed E-state index contributed by atoms with van der Waals surface area (Å²) in [5, 5.41) is 4.24. The molecule has 0 radical (unpaired) electrons. The second-order valence-electron chi connectivity index (χ2n) is 4.12. The Hall–Kier alpha value is -2.47. The summed E-state index contributed by atoms with van der Waals surface area (Å²) in [6, 6.07) is 12.4. The average Bonchev–Trinajstić information content (AvgIpc) is 2.49. The van der Waals surface area contributed by atoms with E-state index in [9.17, 15) is 13.6 Å². The van der Waals surface area contributed by atoms with Crippen LogP contribution in [0.1, 0.15) is 15.9 Å². The molecule has 0 spiro atoms. The van der Waals surface area contributed by atoms with E-state index < -0.39 is 12.5 Å². The van der Waals surface area contributed by atoms with Crippen LogP contribution in [-0.4, -0.2) is 18.7 Å². The molecule has 0 aromatic heterocycles. The zero-order valence-electron chi connectivity index (χ0n) is 11.2. The SMILES string of the molecule is O=C(N/N=C\c1ccccc1OC(F)F)c1ccc(Cl)cc1. The number of rotatable bonds is 5. The number of benzene rings is 2. The van der Waals surface area contributed by atoms with Gasteiger partial charge in [0.15, 0.2) is 0 Å². The highest BCUT2D eigenvalue weighted by Gasteiger charge is 2.08. The summed E-state index contributed by atoms with van der Waals surface area (Å²) in [5.41, 5.74) is 2.98. The van der Waals surface area contributed by atoms with Crippen molar-refractivity contribution in [2.75, 3.05) is 0 Å². The number of alkyl halides is 2. The molecule has 1 amide bonds. The molecular formula is C15H11ClF2N2O2. The van der Waals surface area contributed by atoms with Gasteiger partial charge in [-0.15, -0.1) is 0 Å². The largest absolute Gasteiger partial charge is 0.434 e. The fourth-order valence-corrected chi connectivity index (χ4v) is 1.74.